The van der Waals surface area contributed by atoms with Crippen LogP contribution in [-0.2, 0) is 13.0 Å². The zero-order chi connectivity index (χ0) is 10.4. The molecule has 0 unspecified atom stereocenters. The summed E-state index contributed by atoms with van der Waals surface area (Å²) in [4.78, 5) is 0. The first-order chi connectivity index (χ1) is 6.74. The number of hydrogen-bond donors (Lipinski definition) is 1. The third-order valence-corrected chi connectivity index (χ3v) is 2.31. The second-order valence-electron chi connectivity index (χ2n) is 4.15. The summed E-state index contributed by atoms with van der Waals surface area (Å²) in [5, 5.41) is 3.38. The number of hydrogen-bond acceptors (Lipinski definition) is 1. The summed E-state index contributed by atoms with van der Waals surface area (Å²) >= 11 is 0. The molecule has 0 saturated heterocycles. The van der Waals surface area contributed by atoms with Gasteiger partial charge >= 0.3 is 0 Å². The summed E-state index contributed by atoms with van der Waals surface area (Å²) in [6.45, 7) is 8.72. The molecule has 1 heteroatoms. The maximum atomic E-state index is 3.38. The van der Waals surface area contributed by atoms with Crippen LogP contribution < -0.4 is 5.32 Å². The van der Waals surface area contributed by atoms with E-state index < -0.39 is 0 Å². The number of benzene rings is 1. The van der Waals surface area contributed by atoms with E-state index in [0.717, 1.165) is 19.0 Å². The van der Waals surface area contributed by atoms with E-state index in [2.05, 4.69) is 50.4 Å². The monoisotopic (exact) mass is 191 g/mol. The van der Waals surface area contributed by atoms with Gasteiger partial charge in [0.2, 0.25) is 0 Å². The van der Waals surface area contributed by atoms with Gasteiger partial charge in [-0.05, 0) is 30.0 Å². The Bertz CT molecular complexity index is 266. The van der Waals surface area contributed by atoms with Crippen LogP contribution in [0.2, 0.25) is 0 Å². The van der Waals surface area contributed by atoms with Crippen LogP contribution in [-0.4, -0.2) is 6.54 Å². The van der Waals surface area contributed by atoms with Crippen molar-refractivity contribution in [3.8, 4) is 0 Å². The molecule has 0 saturated carbocycles. The predicted octanol–water partition coefficient (Wildman–Crippen LogP) is 2.99. The highest BCUT2D eigenvalue weighted by molar-refractivity contribution is 5.27. The molecular formula is C13H21N. The van der Waals surface area contributed by atoms with E-state index >= 15 is 0 Å². The van der Waals surface area contributed by atoms with Gasteiger partial charge in [0, 0.05) is 6.54 Å². The van der Waals surface area contributed by atoms with E-state index in [1.165, 1.54) is 17.5 Å². The van der Waals surface area contributed by atoms with Gasteiger partial charge in [0.05, 0.1) is 0 Å². The fourth-order valence-electron chi connectivity index (χ4n) is 1.63. The lowest BCUT2D eigenvalue weighted by molar-refractivity contribution is 0.635. The van der Waals surface area contributed by atoms with Crippen molar-refractivity contribution in [1.82, 2.24) is 5.32 Å². The fourth-order valence-corrected chi connectivity index (χ4v) is 1.63. The Balaban J connectivity index is 2.69. The fraction of sp³-hybridized carbons (Fsp3) is 0.538. The maximum absolute atomic E-state index is 3.38. The summed E-state index contributed by atoms with van der Waals surface area (Å²) in [6, 6.07) is 8.72. The van der Waals surface area contributed by atoms with Gasteiger partial charge in [-0.3, -0.25) is 0 Å². The van der Waals surface area contributed by atoms with Crippen molar-refractivity contribution in [2.45, 2.75) is 33.7 Å². The van der Waals surface area contributed by atoms with Crippen LogP contribution in [0.25, 0.3) is 0 Å². The zero-order valence-electron chi connectivity index (χ0n) is 9.51. The molecule has 0 bridgehead atoms. The van der Waals surface area contributed by atoms with E-state index in [9.17, 15) is 0 Å². The van der Waals surface area contributed by atoms with E-state index in [1.807, 2.05) is 0 Å². The van der Waals surface area contributed by atoms with Crippen LogP contribution in [0.5, 0.6) is 0 Å². The van der Waals surface area contributed by atoms with Crippen LogP contribution in [0.3, 0.4) is 0 Å². The van der Waals surface area contributed by atoms with Crippen molar-refractivity contribution < 1.29 is 0 Å². The van der Waals surface area contributed by atoms with Gasteiger partial charge in [0.1, 0.15) is 0 Å². The molecule has 0 spiro atoms. The SMILES string of the molecule is CCNCc1ccccc1CC(C)C. The molecule has 1 aromatic carbocycles. The molecule has 1 rings (SSSR count). The van der Waals surface area contributed by atoms with Crippen molar-refractivity contribution in [2.75, 3.05) is 6.54 Å². The van der Waals surface area contributed by atoms with Crippen molar-refractivity contribution in [1.29, 1.82) is 0 Å². The van der Waals surface area contributed by atoms with Crippen molar-refractivity contribution in [3.63, 3.8) is 0 Å². The topological polar surface area (TPSA) is 12.0 Å². The van der Waals surface area contributed by atoms with Gasteiger partial charge in [0.15, 0.2) is 0 Å². The Kier molecular flexibility index (Phi) is 4.68. The van der Waals surface area contributed by atoms with Crippen molar-refractivity contribution >= 4 is 0 Å². The van der Waals surface area contributed by atoms with Crippen LogP contribution in [0.15, 0.2) is 24.3 Å². The Labute approximate surface area is 87.5 Å². The lowest BCUT2D eigenvalue weighted by atomic mass is 9.98. The van der Waals surface area contributed by atoms with E-state index in [4.69, 9.17) is 0 Å². The summed E-state index contributed by atoms with van der Waals surface area (Å²) in [5.74, 6) is 0.734. The Morgan fingerprint density at radius 3 is 2.36 bits per heavy atom. The van der Waals surface area contributed by atoms with Gasteiger partial charge in [-0.1, -0.05) is 45.0 Å². The van der Waals surface area contributed by atoms with Crippen LogP contribution >= 0.6 is 0 Å². The first-order valence-corrected chi connectivity index (χ1v) is 5.51. The lowest BCUT2D eigenvalue weighted by Crippen LogP contribution is -2.13. The van der Waals surface area contributed by atoms with Gasteiger partial charge in [-0.2, -0.15) is 0 Å². The summed E-state index contributed by atoms with van der Waals surface area (Å²) < 4.78 is 0. The molecule has 0 amide bonds. The second-order valence-corrected chi connectivity index (χ2v) is 4.15. The zero-order valence-corrected chi connectivity index (χ0v) is 9.51. The predicted molar refractivity (Wildman–Crippen MR) is 62.4 cm³/mol. The van der Waals surface area contributed by atoms with Gasteiger partial charge < -0.3 is 5.32 Å². The normalized spacial score (nSPS) is 10.9. The minimum Gasteiger partial charge on any atom is -0.313 e. The van der Waals surface area contributed by atoms with Gasteiger partial charge in [0.25, 0.3) is 0 Å². The molecular weight excluding hydrogens is 170 g/mol. The highest BCUT2D eigenvalue weighted by Gasteiger charge is 2.02. The second kappa shape index (κ2) is 5.82. The van der Waals surface area contributed by atoms with Crippen LogP contribution in [0.4, 0.5) is 0 Å². The molecule has 0 fully saturated rings. The van der Waals surface area contributed by atoms with Crippen molar-refractivity contribution in [2.24, 2.45) is 5.92 Å². The highest BCUT2D eigenvalue weighted by atomic mass is 14.8. The summed E-state index contributed by atoms with van der Waals surface area (Å²) in [6.07, 6.45) is 1.18. The molecule has 0 atom stereocenters. The first kappa shape index (κ1) is 11.3. The molecule has 0 radical (unpaired) electrons. The van der Waals surface area contributed by atoms with E-state index in [0.29, 0.717) is 0 Å². The molecule has 0 aliphatic rings. The minimum absolute atomic E-state index is 0.734. The largest absolute Gasteiger partial charge is 0.313 e. The van der Waals surface area contributed by atoms with Gasteiger partial charge in [-0.15, -0.1) is 0 Å². The highest BCUT2D eigenvalue weighted by Crippen LogP contribution is 2.13. The smallest absolute Gasteiger partial charge is 0.0208 e. The van der Waals surface area contributed by atoms with E-state index in [-0.39, 0.29) is 0 Å². The molecule has 1 aromatic rings. The minimum atomic E-state index is 0.734. The lowest BCUT2D eigenvalue weighted by Gasteiger charge is -2.11. The standard InChI is InChI=1S/C13H21N/c1-4-14-10-13-8-6-5-7-12(13)9-11(2)3/h5-8,11,14H,4,9-10H2,1-3H3. The summed E-state index contributed by atoms with van der Waals surface area (Å²) in [7, 11) is 0. The average molecular weight is 191 g/mol. The molecule has 0 aromatic heterocycles. The Morgan fingerprint density at radius 2 is 1.79 bits per heavy atom. The molecule has 1 nitrogen and oxygen atoms in total. The maximum Gasteiger partial charge on any atom is 0.0208 e. The molecule has 0 heterocycles. The first-order valence-electron chi connectivity index (χ1n) is 5.51. The molecule has 1 N–H and O–H groups in total. The number of nitrogens with one attached hydrogen (secondary N) is 1. The Hall–Kier alpha value is -0.820. The van der Waals surface area contributed by atoms with E-state index in [1.54, 1.807) is 0 Å². The third kappa shape index (κ3) is 3.51. The molecule has 0 aliphatic carbocycles. The molecule has 0 aliphatic heterocycles. The van der Waals surface area contributed by atoms with Crippen LogP contribution in [0.1, 0.15) is 31.9 Å². The van der Waals surface area contributed by atoms with Gasteiger partial charge in [-0.25, -0.2) is 0 Å². The average Bonchev–Trinajstić information content (AvgIpc) is 2.16. The molecule has 14 heavy (non-hydrogen) atoms. The van der Waals surface area contributed by atoms with Crippen molar-refractivity contribution in [3.05, 3.63) is 35.4 Å². The van der Waals surface area contributed by atoms with Crippen LogP contribution in [0, 0.1) is 5.92 Å². The number of rotatable bonds is 5. The molecule has 78 valence electrons. The Morgan fingerprint density at radius 1 is 1.14 bits per heavy atom. The third-order valence-electron chi connectivity index (χ3n) is 2.31. The summed E-state index contributed by atoms with van der Waals surface area (Å²) in [5.41, 5.74) is 2.94. The quantitative estimate of drug-likeness (QED) is 0.754.